The van der Waals surface area contributed by atoms with Gasteiger partial charge in [0.05, 0.1) is 28.4 Å². The quantitative estimate of drug-likeness (QED) is 0.301. The van der Waals surface area contributed by atoms with Gasteiger partial charge in [-0.05, 0) is 47.5 Å². The van der Waals surface area contributed by atoms with Crippen LogP contribution in [-0.4, -0.2) is 40.5 Å². The highest BCUT2D eigenvalue weighted by molar-refractivity contribution is 6.42. The fourth-order valence-electron chi connectivity index (χ4n) is 4.19. The van der Waals surface area contributed by atoms with Gasteiger partial charge in [0, 0.05) is 43.3 Å². The molecule has 1 aliphatic heterocycles. The van der Waals surface area contributed by atoms with Crippen molar-refractivity contribution in [3.63, 3.8) is 0 Å². The molecular weight excluding hydrogens is 545 g/mol. The lowest BCUT2D eigenvalue weighted by atomic mass is 10.0. The largest absolute Gasteiger partial charge is 0.481 e. The molecule has 2 heterocycles. The van der Waals surface area contributed by atoms with Crippen molar-refractivity contribution in [1.29, 1.82) is 0 Å². The standard InChI is InChI=1S/C27H25Cl2N5O5/c28-21-7-6-16(9-22(21)29)13-31-27(39)32-19-4-1-5-20(11-19)34-15-18(10-24(34)35)26(38)33-23(12-25(36)37)17-3-2-8-30-14-17/h1-9,11,14,18,23H,10,12-13,15H2,(H,33,38)(H,36,37)(H2,31,32,39). The SMILES string of the molecule is O=C(O)CC(NC(=O)C1CC(=O)N(c2cccc(NC(=O)NCc3ccc(Cl)c(Cl)c3)c2)C1)c1cccnc1. The Kier molecular flexibility index (Phi) is 9.00. The lowest BCUT2D eigenvalue weighted by Crippen LogP contribution is -2.36. The first-order valence-electron chi connectivity index (χ1n) is 12.0. The Balaban J connectivity index is 1.36. The highest BCUT2D eigenvalue weighted by Gasteiger charge is 2.36. The van der Waals surface area contributed by atoms with Gasteiger partial charge in [-0.3, -0.25) is 19.4 Å². The third-order valence-corrected chi connectivity index (χ3v) is 6.87. The molecule has 3 aromatic rings. The van der Waals surface area contributed by atoms with Crippen molar-refractivity contribution in [3.8, 4) is 0 Å². The zero-order valence-corrected chi connectivity index (χ0v) is 22.1. The number of nitrogens with one attached hydrogen (secondary N) is 3. The summed E-state index contributed by atoms with van der Waals surface area (Å²) in [5.41, 5.74) is 2.31. The van der Waals surface area contributed by atoms with Crippen molar-refractivity contribution >= 4 is 58.4 Å². The average molecular weight is 570 g/mol. The number of rotatable bonds is 9. The molecule has 10 nitrogen and oxygen atoms in total. The Labute approximate surface area is 234 Å². The zero-order chi connectivity index (χ0) is 27.9. The van der Waals surface area contributed by atoms with Gasteiger partial charge in [-0.15, -0.1) is 0 Å². The van der Waals surface area contributed by atoms with Gasteiger partial charge in [0.25, 0.3) is 0 Å². The normalized spacial score (nSPS) is 15.5. The summed E-state index contributed by atoms with van der Waals surface area (Å²) in [6, 6.07) is 13.9. The Morgan fingerprint density at radius 2 is 1.90 bits per heavy atom. The molecule has 202 valence electrons. The number of halogens is 2. The van der Waals surface area contributed by atoms with Gasteiger partial charge in [0.1, 0.15) is 0 Å². The van der Waals surface area contributed by atoms with Crippen LogP contribution in [0.1, 0.15) is 30.0 Å². The molecule has 4 rings (SSSR count). The number of urea groups is 1. The van der Waals surface area contributed by atoms with Crippen LogP contribution in [0.5, 0.6) is 0 Å². The van der Waals surface area contributed by atoms with Crippen LogP contribution < -0.4 is 20.9 Å². The second kappa shape index (κ2) is 12.6. The minimum atomic E-state index is -1.07. The fraction of sp³-hybridized carbons (Fsp3) is 0.222. The van der Waals surface area contributed by atoms with Crippen molar-refractivity contribution in [2.24, 2.45) is 5.92 Å². The molecule has 1 aromatic heterocycles. The molecule has 4 N–H and O–H groups in total. The predicted octanol–water partition coefficient (Wildman–Crippen LogP) is 4.40. The average Bonchev–Trinajstić information content (AvgIpc) is 3.31. The third kappa shape index (κ3) is 7.46. The van der Waals surface area contributed by atoms with Crippen molar-refractivity contribution in [1.82, 2.24) is 15.6 Å². The Bertz CT molecular complexity index is 1390. The van der Waals surface area contributed by atoms with Crippen LogP contribution in [0.4, 0.5) is 16.2 Å². The molecule has 0 aliphatic carbocycles. The molecule has 4 amide bonds. The van der Waals surface area contributed by atoms with E-state index in [9.17, 15) is 24.3 Å². The number of hydrogen-bond donors (Lipinski definition) is 4. The van der Waals surface area contributed by atoms with Gasteiger partial charge in [-0.1, -0.05) is 41.4 Å². The Morgan fingerprint density at radius 1 is 1.08 bits per heavy atom. The number of nitrogens with zero attached hydrogens (tertiary/aromatic N) is 2. The smallest absolute Gasteiger partial charge is 0.319 e. The van der Waals surface area contributed by atoms with Crippen LogP contribution in [0.15, 0.2) is 67.0 Å². The van der Waals surface area contributed by atoms with Crippen LogP contribution in [0.3, 0.4) is 0 Å². The summed E-state index contributed by atoms with van der Waals surface area (Å²) < 4.78 is 0. The monoisotopic (exact) mass is 569 g/mol. The van der Waals surface area contributed by atoms with Gasteiger partial charge >= 0.3 is 12.0 Å². The molecule has 2 aromatic carbocycles. The number of carbonyl (C=O) groups is 4. The minimum Gasteiger partial charge on any atom is -0.481 e. The second-order valence-corrected chi connectivity index (χ2v) is 9.77. The second-order valence-electron chi connectivity index (χ2n) is 8.96. The van der Waals surface area contributed by atoms with Gasteiger partial charge in [-0.2, -0.15) is 0 Å². The van der Waals surface area contributed by atoms with Gasteiger partial charge in [-0.25, -0.2) is 4.79 Å². The first-order valence-corrected chi connectivity index (χ1v) is 12.8. The van der Waals surface area contributed by atoms with E-state index in [2.05, 4.69) is 20.9 Å². The maximum absolute atomic E-state index is 13.0. The van der Waals surface area contributed by atoms with Gasteiger partial charge in [0.2, 0.25) is 11.8 Å². The molecule has 0 saturated carbocycles. The maximum Gasteiger partial charge on any atom is 0.319 e. The van der Waals surface area contributed by atoms with E-state index in [1.54, 1.807) is 60.8 Å². The van der Waals surface area contributed by atoms with E-state index in [1.807, 2.05) is 0 Å². The van der Waals surface area contributed by atoms with Crippen LogP contribution >= 0.6 is 23.2 Å². The number of carboxylic acid groups (broad SMARTS) is 1. The molecule has 2 atom stereocenters. The first kappa shape index (κ1) is 27.9. The molecule has 12 heteroatoms. The highest BCUT2D eigenvalue weighted by atomic mass is 35.5. The third-order valence-electron chi connectivity index (χ3n) is 6.13. The number of carbonyl (C=O) groups excluding carboxylic acids is 3. The number of hydrogen-bond acceptors (Lipinski definition) is 5. The molecule has 1 aliphatic rings. The molecule has 2 unspecified atom stereocenters. The van der Waals surface area contributed by atoms with Crippen LogP contribution in [0.2, 0.25) is 10.0 Å². The number of carboxylic acids is 1. The van der Waals surface area contributed by atoms with Crippen molar-refractivity contribution in [2.75, 3.05) is 16.8 Å². The van der Waals surface area contributed by atoms with E-state index in [1.165, 1.54) is 11.1 Å². The van der Waals surface area contributed by atoms with E-state index in [4.69, 9.17) is 23.2 Å². The van der Waals surface area contributed by atoms with Crippen LogP contribution in [-0.2, 0) is 20.9 Å². The van der Waals surface area contributed by atoms with Crippen molar-refractivity contribution in [3.05, 3.63) is 88.2 Å². The highest BCUT2D eigenvalue weighted by Crippen LogP contribution is 2.28. The number of aromatic nitrogens is 1. The van der Waals surface area contributed by atoms with Crippen molar-refractivity contribution < 1.29 is 24.3 Å². The number of anilines is 2. The lowest BCUT2D eigenvalue weighted by Gasteiger charge is -2.20. The molecule has 0 radical (unpaired) electrons. The first-order chi connectivity index (χ1) is 18.7. The fourth-order valence-corrected chi connectivity index (χ4v) is 4.51. The van der Waals surface area contributed by atoms with Crippen LogP contribution in [0.25, 0.3) is 0 Å². The summed E-state index contributed by atoms with van der Waals surface area (Å²) >= 11 is 11.9. The summed E-state index contributed by atoms with van der Waals surface area (Å²) in [5, 5.41) is 18.3. The molecule has 0 bridgehead atoms. The molecule has 1 fully saturated rings. The summed E-state index contributed by atoms with van der Waals surface area (Å²) in [4.78, 5) is 55.0. The van der Waals surface area contributed by atoms with Gasteiger partial charge in [0.15, 0.2) is 0 Å². The number of benzene rings is 2. The Hall–Kier alpha value is -4.15. The van der Waals surface area contributed by atoms with E-state index in [0.29, 0.717) is 27.0 Å². The summed E-state index contributed by atoms with van der Waals surface area (Å²) in [6.07, 6.45) is 2.71. The van der Waals surface area contributed by atoms with E-state index in [-0.39, 0.29) is 31.8 Å². The molecular formula is C27H25Cl2N5O5. The molecule has 1 saturated heterocycles. The van der Waals surface area contributed by atoms with Crippen molar-refractivity contribution in [2.45, 2.75) is 25.4 Å². The number of amides is 4. The lowest BCUT2D eigenvalue weighted by molar-refractivity contribution is -0.138. The van der Waals surface area contributed by atoms with Gasteiger partial charge < -0.3 is 26.0 Å². The predicted molar refractivity (Wildman–Crippen MR) is 147 cm³/mol. The zero-order valence-electron chi connectivity index (χ0n) is 20.6. The Morgan fingerprint density at radius 3 is 2.62 bits per heavy atom. The van der Waals surface area contributed by atoms with E-state index < -0.39 is 29.9 Å². The van der Waals surface area contributed by atoms with E-state index in [0.717, 1.165) is 5.56 Å². The molecule has 0 spiro atoms. The maximum atomic E-state index is 13.0. The number of pyridine rings is 1. The summed E-state index contributed by atoms with van der Waals surface area (Å²) in [7, 11) is 0. The van der Waals surface area contributed by atoms with Crippen LogP contribution in [0, 0.1) is 5.92 Å². The molecule has 39 heavy (non-hydrogen) atoms. The summed E-state index contributed by atoms with van der Waals surface area (Å²) in [5.74, 6) is -2.42. The summed E-state index contributed by atoms with van der Waals surface area (Å²) in [6.45, 7) is 0.343. The number of aliphatic carboxylic acids is 1. The topological polar surface area (TPSA) is 141 Å². The minimum absolute atomic E-state index is 0.0273. The van der Waals surface area contributed by atoms with E-state index >= 15 is 0 Å².